The van der Waals surface area contributed by atoms with E-state index in [1.165, 1.54) is 36.4 Å². The van der Waals surface area contributed by atoms with Crippen LogP contribution in [-0.2, 0) is 22.6 Å². The highest BCUT2D eigenvalue weighted by Crippen LogP contribution is 2.15. The third-order valence-corrected chi connectivity index (χ3v) is 3.48. The quantitative estimate of drug-likeness (QED) is 0.766. The number of hydrogen-bond acceptors (Lipinski definition) is 2. The normalized spacial score (nSPS) is 11.1. The standard InChI is InChI=1S/C18H16F4N2O2/c19-14-3-1-2-12(10-14)6-9-16(25)24-15-7-4-13(5-8-15)11-23-17(26)18(20,21)22/h1-5,7-8,10H,6,9,11H2,(H,23,26)(H,24,25). The molecule has 0 spiro atoms. The van der Waals surface area contributed by atoms with Crippen molar-refractivity contribution in [3.63, 3.8) is 0 Å². The lowest BCUT2D eigenvalue weighted by atomic mass is 10.1. The van der Waals surface area contributed by atoms with Crippen molar-refractivity contribution >= 4 is 17.5 Å². The Kier molecular flexibility index (Phi) is 6.32. The third kappa shape index (κ3) is 6.19. The lowest BCUT2D eigenvalue weighted by Crippen LogP contribution is -2.36. The van der Waals surface area contributed by atoms with Gasteiger partial charge in [0.2, 0.25) is 5.91 Å². The van der Waals surface area contributed by atoms with Gasteiger partial charge in [0.25, 0.3) is 0 Å². The van der Waals surface area contributed by atoms with E-state index in [0.717, 1.165) is 0 Å². The Bertz CT molecular complexity index is 774. The van der Waals surface area contributed by atoms with Crippen LogP contribution >= 0.6 is 0 Å². The second-order valence-corrected chi connectivity index (χ2v) is 5.56. The van der Waals surface area contributed by atoms with E-state index in [1.807, 2.05) is 0 Å². The van der Waals surface area contributed by atoms with Gasteiger partial charge in [0, 0.05) is 18.7 Å². The van der Waals surface area contributed by atoms with E-state index in [1.54, 1.807) is 17.4 Å². The predicted octanol–water partition coefficient (Wildman–Crippen LogP) is 3.58. The molecule has 2 amide bonds. The highest BCUT2D eigenvalue weighted by molar-refractivity contribution is 5.90. The highest BCUT2D eigenvalue weighted by atomic mass is 19.4. The molecule has 0 unspecified atom stereocenters. The molecule has 0 fully saturated rings. The largest absolute Gasteiger partial charge is 0.471 e. The van der Waals surface area contributed by atoms with E-state index in [9.17, 15) is 27.2 Å². The van der Waals surface area contributed by atoms with Crippen molar-refractivity contribution in [1.82, 2.24) is 5.32 Å². The predicted molar refractivity (Wildman–Crippen MR) is 87.7 cm³/mol. The molecule has 0 aliphatic carbocycles. The first-order chi connectivity index (χ1) is 12.2. The van der Waals surface area contributed by atoms with Gasteiger partial charge in [0.05, 0.1) is 0 Å². The molecule has 2 N–H and O–H groups in total. The van der Waals surface area contributed by atoms with Crippen molar-refractivity contribution < 1.29 is 27.2 Å². The minimum Gasteiger partial charge on any atom is -0.344 e. The van der Waals surface area contributed by atoms with Crippen LogP contribution in [0.5, 0.6) is 0 Å². The molecule has 26 heavy (non-hydrogen) atoms. The van der Waals surface area contributed by atoms with Gasteiger partial charge in [-0.25, -0.2) is 4.39 Å². The van der Waals surface area contributed by atoms with E-state index in [4.69, 9.17) is 0 Å². The monoisotopic (exact) mass is 368 g/mol. The molecule has 138 valence electrons. The summed E-state index contributed by atoms with van der Waals surface area (Å²) in [7, 11) is 0. The molecule has 2 aromatic carbocycles. The fourth-order valence-electron chi connectivity index (χ4n) is 2.16. The summed E-state index contributed by atoms with van der Waals surface area (Å²) in [5.41, 5.74) is 1.64. The first-order valence-electron chi connectivity index (χ1n) is 7.72. The fraction of sp³-hybridized carbons (Fsp3) is 0.222. The molecule has 0 saturated carbocycles. The third-order valence-electron chi connectivity index (χ3n) is 3.48. The Hall–Kier alpha value is -2.90. The Morgan fingerprint density at radius 2 is 1.65 bits per heavy atom. The smallest absolute Gasteiger partial charge is 0.344 e. The SMILES string of the molecule is O=C(CCc1cccc(F)c1)Nc1ccc(CNC(=O)C(F)(F)F)cc1. The number of anilines is 1. The van der Waals surface area contributed by atoms with Gasteiger partial charge in [-0.2, -0.15) is 13.2 Å². The second-order valence-electron chi connectivity index (χ2n) is 5.56. The van der Waals surface area contributed by atoms with Gasteiger partial charge in [0.1, 0.15) is 5.82 Å². The molecule has 0 atom stereocenters. The first kappa shape index (κ1) is 19.4. The highest BCUT2D eigenvalue weighted by Gasteiger charge is 2.38. The minimum atomic E-state index is -4.92. The molecule has 0 aromatic heterocycles. The van der Waals surface area contributed by atoms with E-state index in [-0.39, 0.29) is 24.7 Å². The summed E-state index contributed by atoms with van der Waals surface area (Å²) in [6.07, 6.45) is -4.38. The second kappa shape index (κ2) is 8.46. The number of carbonyl (C=O) groups excluding carboxylic acids is 2. The zero-order chi connectivity index (χ0) is 19.2. The molecule has 0 heterocycles. The van der Waals surface area contributed by atoms with Crippen molar-refractivity contribution in [1.29, 1.82) is 0 Å². The molecule has 2 aromatic rings. The maximum atomic E-state index is 13.1. The Morgan fingerprint density at radius 1 is 0.962 bits per heavy atom. The van der Waals surface area contributed by atoms with Crippen molar-refractivity contribution in [2.75, 3.05) is 5.32 Å². The van der Waals surface area contributed by atoms with Crippen LogP contribution in [0.2, 0.25) is 0 Å². The summed E-state index contributed by atoms with van der Waals surface area (Å²) in [6.45, 7) is -0.272. The van der Waals surface area contributed by atoms with Gasteiger partial charge in [-0.3, -0.25) is 9.59 Å². The van der Waals surface area contributed by atoms with Crippen LogP contribution in [0.3, 0.4) is 0 Å². The topological polar surface area (TPSA) is 58.2 Å². The van der Waals surface area contributed by atoms with Crippen LogP contribution in [0, 0.1) is 5.82 Å². The number of aryl methyl sites for hydroxylation is 1. The molecule has 0 aliphatic rings. The molecule has 0 bridgehead atoms. The number of alkyl halides is 3. The van der Waals surface area contributed by atoms with Crippen LogP contribution in [0.4, 0.5) is 23.2 Å². The molecular weight excluding hydrogens is 352 g/mol. The lowest BCUT2D eigenvalue weighted by molar-refractivity contribution is -0.173. The minimum absolute atomic E-state index is 0.160. The maximum Gasteiger partial charge on any atom is 0.471 e. The molecular formula is C18H16F4N2O2. The number of nitrogens with one attached hydrogen (secondary N) is 2. The number of halogens is 4. The average molecular weight is 368 g/mol. The summed E-state index contributed by atoms with van der Waals surface area (Å²) >= 11 is 0. The van der Waals surface area contributed by atoms with Crippen LogP contribution in [-0.4, -0.2) is 18.0 Å². The Labute approximate surface area is 147 Å². The van der Waals surface area contributed by atoms with Crippen LogP contribution < -0.4 is 10.6 Å². The van der Waals surface area contributed by atoms with E-state index in [0.29, 0.717) is 23.2 Å². The summed E-state index contributed by atoms with van der Waals surface area (Å²) in [5, 5.41) is 4.40. The van der Waals surface area contributed by atoms with Crippen LogP contribution in [0.15, 0.2) is 48.5 Å². The van der Waals surface area contributed by atoms with Crippen molar-refractivity contribution in [3.8, 4) is 0 Å². The number of hydrogen-bond donors (Lipinski definition) is 2. The van der Waals surface area contributed by atoms with Crippen LogP contribution in [0.25, 0.3) is 0 Å². The zero-order valence-corrected chi connectivity index (χ0v) is 13.6. The summed E-state index contributed by atoms with van der Waals surface area (Å²) < 4.78 is 49.4. The summed E-state index contributed by atoms with van der Waals surface area (Å²) in [4.78, 5) is 22.6. The average Bonchev–Trinajstić information content (AvgIpc) is 2.58. The van der Waals surface area contributed by atoms with Gasteiger partial charge < -0.3 is 10.6 Å². The van der Waals surface area contributed by atoms with E-state index in [2.05, 4.69) is 5.32 Å². The molecule has 2 rings (SSSR count). The van der Waals surface area contributed by atoms with Crippen LogP contribution in [0.1, 0.15) is 17.5 Å². The fourth-order valence-corrected chi connectivity index (χ4v) is 2.16. The number of rotatable bonds is 6. The van der Waals surface area contributed by atoms with Gasteiger partial charge >= 0.3 is 12.1 Å². The summed E-state index contributed by atoms with van der Waals surface area (Å²) in [6, 6.07) is 12.0. The number of amides is 2. The lowest BCUT2D eigenvalue weighted by Gasteiger charge is -2.09. The molecule has 0 saturated heterocycles. The first-order valence-corrected chi connectivity index (χ1v) is 7.72. The molecule has 0 aliphatic heterocycles. The van der Waals surface area contributed by atoms with Gasteiger partial charge in [0.15, 0.2) is 0 Å². The maximum absolute atomic E-state index is 13.1. The van der Waals surface area contributed by atoms with Gasteiger partial charge in [-0.05, 0) is 41.8 Å². The molecule has 8 heteroatoms. The number of benzene rings is 2. The van der Waals surface area contributed by atoms with Gasteiger partial charge in [-0.1, -0.05) is 24.3 Å². The number of carbonyl (C=O) groups is 2. The Morgan fingerprint density at radius 3 is 2.27 bits per heavy atom. The van der Waals surface area contributed by atoms with Crippen molar-refractivity contribution in [2.45, 2.75) is 25.6 Å². The summed E-state index contributed by atoms with van der Waals surface area (Å²) in [5.74, 6) is -2.64. The Balaban J connectivity index is 1.81. The van der Waals surface area contributed by atoms with E-state index < -0.39 is 12.1 Å². The van der Waals surface area contributed by atoms with Crippen molar-refractivity contribution in [3.05, 3.63) is 65.5 Å². The van der Waals surface area contributed by atoms with Gasteiger partial charge in [-0.15, -0.1) is 0 Å². The molecule has 0 radical (unpaired) electrons. The molecule has 4 nitrogen and oxygen atoms in total. The zero-order valence-electron chi connectivity index (χ0n) is 13.6. The van der Waals surface area contributed by atoms with E-state index >= 15 is 0 Å². The van der Waals surface area contributed by atoms with Crippen molar-refractivity contribution in [2.24, 2.45) is 0 Å².